The smallest absolute Gasteiger partial charge is 0.303 e. The van der Waals surface area contributed by atoms with Gasteiger partial charge in [0.1, 0.15) is 5.82 Å². The van der Waals surface area contributed by atoms with Crippen LogP contribution >= 0.6 is 11.6 Å². The number of carboxylic acid groups (broad SMARTS) is 1. The van der Waals surface area contributed by atoms with Gasteiger partial charge in [-0.15, -0.1) is 0 Å². The van der Waals surface area contributed by atoms with Crippen LogP contribution in [0.15, 0.2) is 12.3 Å². The highest BCUT2D eigenvalue weighted by Crippen LogP contribution is 2.08. The van der Waals surface area contributed by atoms with Gasteiger partial charge in [0.25, 0.3) is 0 Å². The minimum Gasteiger partial charge on any atom is -0.481 e. The lowest BCUT2D eigenvalue weighted by atomic mass is 10.3. The van der Waals surface area contributed by atoms with Crippen molar-refractivity contribution in [2.24, 2.45) is 0 Å². The molecule has 0 aliphatic heterocycles. The van der Waals surface area contributed by atoms with Crippen molar-refractivity contribution in [1.29, 1.82) is 0 Å². The Kier molecular flexibility index (Phi) is 4.64. The number of aliphatic carboxylic acids is 1. The molecule has 17 heavy (non-hydrogen) atoms. The van der Waals surface area contributed by atoms with Crippen LogP contribution in [-0.2, 0) is 14.8 Å². The largest absolute Gasteiger partial charge is 0.481 e. The summed E-state index contributed by atoms with van der Waals surface area (Å²) in [5.74, 6) is -1.27. The van der Waals surface area contributed by atoms with Crippen molar-refractivity contribution < 1.29 is 18.3 Å². The third kappa shape index (κ3) is 5.45. The van der Waals surface area contributed by atoms with Crippen molar-refractivity contribution in [3.63, 3.8) is 0 Å². The predicted octanol–water partition coefficient (Wildman–Crippen LogP) is 0.736. The molecule has 1 heterocycles. The maximum absolute atomic E-state index is 11.5. The summed E-state index contributed by atoms with van der Waals surface area (Å²) in [4.78, 5) is 17.5. The fourth-order valence-electron chi connectivity index (χ4n) is 1.02. The van der Waals surface area contributed by atoms with Crippen LogP contribution in [-0.4, -0.2) is 35.2 Å². The Bertz CT molecular complexity index is 505. The van der Waals surface area contributed by atoms with E-state index in [0.717, 1.165) is 0 Å². The molecule has 2 N–H and O–H groups in total. The Morgan fingerprint density at radius 2 is 2.24 bits per heavy atom. The summed E-state index contributed by atoms with van der Waals surface area (Å²) >= 11 is 5.48. The second-order valence-corrected chi connectivity index (χ2v) is 5.31. The first-order chi connectivity index (χ1) is 7.89. The van der Waals surface area contributed by atoms with Gasteiger partial charge in [-0.2, -0.15) is 4.98 Å². The molecule has 0 bridgehead atoms. The average molecular weight is 280 g/mol. The van der Waals surface area contributed by atoms with Gasteiger partial charge in [0.15, 0.2) is 0 Å². The lowest BCUT2D eigenvalue weighted by Crippen LogP contribution is -2.18. The minimum atomic E-state index is -3.61. The third-order valence-electron chi connectivity index (χ3n) is 1.69. The number of aromatic nitrogens is 2. The normalized spacial score (nSPS) is 11.1. The lowest BCUT2D eigenvalue weighted by molar-refractivity contribution is -0.137. The first-order valence-electron chi connectivity index (χ1n) is 4.60. The highest BCUT2D eigenvalue weighted by Gasteiger charge is 2.12. The molecule has 0 fully saturated rings. The van der Waals surface area contributed by atoms with E-state index in [1.165, 1.54) is 12.3 Å². The Morgan fingerprint density at radius 1 is 1.53 bits per heavy atom. The second-order valence-electron chi connectivity index (χ2n) is 3.13. The van der Waals surface area contributed by atoms with Crippen LogP contribution in [0, 0.1) is 0 Å². The molecular formula is C8H10ClN3O4S. The van der Waals surface area contributed by atoms with E-state index in [1.807, 2.05) is 0 Å². The van der Waals surface area contributed by atoms with Gasteiger partial charge in [-0.3, -0.25) is 9.52 Å². The van der Waals surface area contributed by atoms with Gasteiger partial charge in [-0.1, -0.05) is 0 Å². The molecule has 1 aromatic rings. The summed E-state index contributed by atoms with van der Waals surface area (Å²) in [6, 6.07) is 1.35. The monoisotopic (exact) mass is 279 g/mol. The van der Waals surface area contributed by atoms with Gasteiger partial charge >= 0.3 is 5.97 Å². The fourth-order valence-corrected chi connectivity index (χ4v) is 2.22. The maximum Gasteiger partial charge on any atom is 0.303 e. The fraction of sp³-hybridized carbons (Fsp3) is 0.375. The highest BCUT2D eigenvalue weighted by molar-refractivity contribution is 7.92. The molecule has 1 rings (SSSR count). The second kappa shape index (κ2) is 5.78. The van der Waals surface area contributed by atoms with E-state index in [4.69, 9.17) is 16.7 Å². The molecule has 94 valence electrons. The molecule has 0 aliphatic carbocycles. The summed E-state index contributed by atoms with van der Waals surface area (Å²) in [7, 11) is -3.61. The standard InChI is InChI=1S/C8H10ClN3O4S/c9-8-10-4-3-6(11-8)12-17(15,16)5-1-2-7(13)14/h3-4H,1-2,5H2,(H,13,14)(H,10,11,12). The Hall–Kier alpha value is -1.41. The molecule has 1 aromatic heterocycles. The van der Waals surface area contributed by atoms with Crippen molar-refractivity contribution in [1.82, 2.24) is 9.97 Å². The van der Waals surface area contributed by atoms with Crippen LogP contribution in [0.25, 0.3) is 0 Å². The molecule has 0 aliphatic rings. The van der Waals surface area contributed by atoms with Crippen LogP contribution in [0.4, 0.5) is 5.82 Å². The Labute approximate surface area is 103 Å². The number of nitrogens with zero attached hydrogens (tertiary/aromatic N) is 2. The van der Waals surface area contributed by atoms with Gasteiger partial charge in [0, 0.05) is 12.6 Å². The Morgan fingerprint density at radius 3 is 2.82 bits per heavy atom. The summed E-state index contributed by atoms with van der Waals surface area (Å²) in [6.45, 7) is 0. The molecule has 0 atom stereocenters. The summed E-state index contributed by atoms with van der Waals surface area (Å²) < 4.78 is 25.1. The van der Waals surface area contributed by atoms with E-state index < -0.39 is 16.0 Å². The van der Waals surface area contributed by atoms with Crippen molar-refractivity contribution in [3.05, 3.63) is 17.5 Å². The highest BCUT2D eigenvalue weighted by atomic mass is 35.5. The number of nitrogens with one attached hydrogen (secondary N) is 1. The van der Waals surface area contributed by atoms with Crippen LogP contribution in [0.2, 0.25) is 5.28 Å². The maximum atomic E-state index is 11.5. The van der Waals surface area contributed by atoms with Crippen LogP contribution in [0.1, 0.15) is 12.8 Å². The predicted molar refractivity (Wildman–Crippen MR) is 61.3 cm³/mol. The number of carbonyl (C=O) groups is 1. The minimum absolute atomic E-state index is 0.0312. The van der Waals surface area contributed by atoms with Crippen molar-refractivity contribution in [2.45, 2.75) is 12.8 Å². The van der Waals surface area contributed by atoms with Gasteiger partial charge in [-0.25, -0.2) is 13.4 Å². The summed E-state index contributed by atoms with van der Waals surface area (Å²) in [6.07, 6.45) is 1.14. The number of carboxylic acids is 1. The third-order valence-corrected chi connectivity index (χ3v) is 3.22. The average Bonchev–Trinajstić information content (AvgIpc) is 2.15. The van der Waals surface area contributed by atoms with Gasteiger partial charge < -0.3 is 5.11 Å². The van der Waals surface area contributed by atoms with Crippen LogP contribution in [0.5, 0.6) is 0 Å². The molecule has 0 radical (unpaired) electrons. The van der Waals surface area contributed by atoms with E-state index in [0.29, 0.717) is 0 Å². The number of halogens is 1. The first-order valence-corrected chi connectivity index (χ1v) is 6.63. The zero-order valence-electron chi connectivity index (χ0n) is 8.63. The van der Waals surface area contributed by atoms with E-state index in [9.17, 15) is 13.2 Å². The van der Waals surface area contributed by atoms with Gasteiger partial charge in [0.05, 0.1) is 5.75 Å². The zero-order chi connectivity index (χ0) is 12.9. The molecular weight excluding hydrogens is 270 g/mol. The molecule has 0 spiro atoms. The van der Waals surface area contributed by atoms with E-state index >= 15 is 0 Å². The topological polar surface area (TPSA) is 109 Å². The van der Waals surface area contributed by atoms with Gasteiger partial charge in [-0.05, 0) is 24.1 Å². The van der Waals surface area contributed by atoms with Crippen molar-refractivity contribution in [3.8, 4) is 0 Å². The summed E-state index contributed by atoms with van der Waals surface area (Å²) in [5, 5.41) is 8.31. The SMILES string of the molecule is O=C(O)CCCS(=O)(=O)Nc1ccnc(Cl)n1. The zero-order valence-corrected chi connectivity index (χ0v) is 10.2. The lowest BCUT2D eigenvalue weighted by Gasteiger charge is -2.05. The molecule has 0 saturated carbocycles. The van der Waals surface area contributed by atoms with E-state index in [1.54, 1.807) is 0 Å². The van der Waals surface area contributed by atoms with Crippen molar-refractivity contribution in [2.75, 3.05) is 10.5 Å². The summed E-state index contributed by atoms with van der Waals surface area (Å²) in [5.41, 5.74) is 0. The molecule has 0 saturated heterocycles. The number of rotatable bonds is 6. The molecule has 0 aromatic carbocycles. The number of sulfonamides is 1. The van der Waals surface area contributed by atoms with Crippen molar-refractivity contribution >= 4 is 33.4 Å². The first kappa shape index (κ1) is 13.7. The van der Waals surface area contributed by atoms with Crippen LogP contribution in [0.3, 0.4) is 0 Å². The molecule has 0 amide bonds. The quantitative estimate of drug-likeness (QED) is 0.743. The Balaban J connectivity index is 2.57. The molecule has 9 heteroatoms. The van der Waals surface area contributed by atoms with Gasteiger partial charge in [0.2, 0.25) is 15.3 Å². The number of anilines is 1. The van der Waals surface area contributed by atoms with Crippen LogP contribution < -0.4 is 4.72 Å². The van der Waals surface area contributed by atoms with E-state index in [-0.39, 0.29) is 29.7 Å². The number of hydrogen-bond acceptors (Lipinski definition) is 5. The van der Waals surface area contributed by atoms with E-state index in [2.05, 4.69) is 14.7 Å². The number of hydrogen-bond donors (Lipinski definition) is 2. The molecule has 0 unspecified atom stereocenters. The molecule has 7 nitrogen and oxygen atoms in total.